The summed E-state index contributed by atoms with van der Waals surface area (Å²) in [6.07, 6.45) is 3.89. The molecule has 0 unspecified atom stereocenters. The van der Waals surface area contributed by atoms with Gasteiger partial charge < -0.3 is 15.5 Å². The summed E-state index contributed by atoms with van der Waals surface area (Å²) in [6, 6.07) is 15.3. The van der Waals surface area contributed by atoms with Gasteiger partial charge in [0.2, 0.25) is 5.43 Å². The Labute approximate surface area is 165 Å². The number of benzene rings is 2. The molecular weight excluding hydrogens is 378 g/mol. The van der Waals surface area contributed by atoms with Crippen LogP contribution in [0.5, 0.6) is 5.75 Å². The molecule has 29 heavy (non-hydrogen) atoms. The van der Waals surface area contributed by atoms with Crippen molar-refractivity contribution in [2.45, 2.75) is 13.5 Å². The number of ether oxygens (including phenoxy) is 1. The Morgan fingerprint density at radius 3 is 2.55 bits per heavy atom. The number of aryl methyl sites for hydroxylation is 1. The summed E-state index contributed by atoms with van der Waals surface area (Å²) in [7, 11) is 0. The van der Waals surface area contributed by atoms with Crippen molar-refractivity contribution >= 4 is 17.6 Å². The first-order valence-electron chi connectivity index (χ1n) is 8.67. The maximum atomic E-state index is 12.8. The maximum absolute atomic E-state index is 12.8. The number of hydrogen-bond donors (Lipinski definition) is 2. The van der Waals surface area contributed by atoms with Crippen LogP contribution in [0, 0.1) is 12.3 Å². The lowest BCUT2D eigenvalue weighted by molar-refractivity contribution is -0.0499. The highest BCUT2D eigenvalue weighted by molar-refractivity contribution is 5.87. The molecule has 8 heteroatoms. The molecule has 0 aliphatic carbocycles. The molecule has 0 amide bonds. The Balaban J connectivity index is 2.12. The number of nitrogens with one attached hydrogen (secondary N) is 2. The third kappa shape index (κ3) is 4.73. The Morgan fingerprint density at radius 1 is 1.17 bits per heavy atom. The molecular formula is C21H18F2N4O2. The molecule has 0 spiro atoms. The number of aromatic nitrogens is 2. The molecule has 3 aromatic rings. The number of hydrogen-bond acceptors (Lipinski definition) is 5. The minimum absolute atomic E-state index is 0.0456. The average molecular weight is 396 g/mol. The molecule has 0 radical (unpaired) electrons. The van der Waals surface area contributed by atoms with Crippen LogP contribution in [-0.4, -0.2) is 22.6 Å². The summed E-state index contributed by atoms with van der Waals surface area (Å²) in [5, 5.41) is 14.8. The van der Waals surface area contributed by atoms with Gasteiger partial charge in [-0.1, -0.05) is 30.3 Å². The Bertz CT molecular complexity index is 1100. The molecule has 0 fully saturated rings. The minimum atomic E-state index is -3.00. The molecule has 3 rings (SSSR count). The molecule has 2 N–H and O–H groups in total. The van der Waals surface area contributed by atoms with E-state index in [0.717, 1.165) is 6.21 Å². The number of anilines is 1. The normalized spacial score (nSPS) is 11.4. The number of nitrogens with zero attached hydrogens (tertiary/aromatic N) is 2. The van der Waals surface area contributed by atoms with Crippen LogP contribution in [0.3, 0.4) is 0 Å². The van der Waals surface area contributed by atoms with Crippen LogP contribution in [-0.2, 0) is 0 Å². The van der Waals surface area contributed by atoms with E-state index in [1.54, 1.807) is 37.3 Å². The van der Waals surface area contributed by atoms with Crippen LogP contribution < -0.4 is 15.5 Å². The van der Waals surface area contributed by atoms with E-state index in [2.05, 4.69) is 15.2 Å². The van der Waals surface area contributed by atoms with Crippen molar-refractivity contribution in [2.24, 2.45) is 0 Å². The smallest absolute Gasteiger partial charge is 0.387 e. The lowest BCUT2D eigenvalue weighted by Crippen LogP contribution is -2.22. The van der Waals surface area contributed by atoms with Gasteiger partial charge in [0.05, 0.1) is 5.70 Å². The fourth-order valence-corrected chi connectivity index (χ4v) is 2.69. The third-order valence-electron chi connectivity index (χ3n) is 3.98. The zero-order valence-corrected chi connectivity index (χ0v) is 15.5. The van der Waals surface area contributed by atoms with Gasteiger partial charge in [-0.2, -0.15) is 13.9 Å². The van der Waals surface area contributed by atoms with Crippen LogP contribution in [0.1, 0.15) is 11.3 Å². The van der Waals surface area contributed by atoms with Crippen molar-refractivity contribution in [2.75, 3.05) is 5.32 Å². The van der Waals surface area contributed by atoms with Gasteiger partial charge in [-0.3, -0.25) is 4.79 Å². The first-order valence-corrected chi connectivity index (χ1v) is 8.67. The van der Waals surface area contributed by atoms with Crippen LogP contribution in [0.15, 0.2) is 71.7 Å². The van der Waals surface area contributed by atoms with Gasteiger partial charge in [0, 0.05) is 23.7 Å². The second kappa shape index (κ2) is 8.92. The van der Waals surface area contributed by atoms with E-state index in [0.29, 0.717) is 16.9 Å². The van der Waals surface area contributed by atoms with Gasteiger partial charge in [-0.15, -0.1) is 0 Å². The quantitative estimate of drug-likeness (QED) is 0.586. The molecule has 0 saturated carbocycles. The summed E-state index contributed by atoms with van der Waals surface area (Å²) in [5.74, 6) is -0.0717. The first kappa shape index (κ1) is 19.9. The number of alkyl halides is 2. The second-order valence-corrected chi connectivity index (χ2v) is 6.02. The standard InChI is InChI=1S/C21H18F2N4O2/c1-14-13-27(17-9-5-6-10-18(17)29-21(22)23)26-19(20(14)28)16(11-12-24)25-15-7-3-2-4-8-15/h2-13,21,24-25H,1H3/b16-11-,24-12?. The average Bonchev–Trinajstić information content (AvgIpc) is 2.70. The second-order valence-electron chi connectivity index (χ2n) is 6.02. The number of halogens is 2. The molecule has 0 aliphatic heterocycles. The van der Waals surface area contributed by atoms with Gasteiger partial charge >= 0.3 is 6.61 Å². The monoisotopic (exact) mass is 396 g/mol. The molecule has 0 bridgehead atoms. The fourth-order valence-electron chi connectivity index (χ4n) is 2.69. The summed E-state index contributed by atoms with van der Waals surface area (Å²) in [5.41, 5.74) is 1.32. The Morgan fingerprint density at radius 2 is 1.86 bits per heavy atom. The van der Waals surface area contributed by atoms with Gasteiger partial charge in [0.1, 0.15) is 5.69 Å². The van der Waals surface area contributed by atoms with E-state index in [1.165, 1.54) is 23.0 Å². The first-order chi connectivity index (χ1) is 14.0. The number of rotatable bonds is 7. The number of para-hydroxylation sites is 3. The predicted octanol–water partition coefficient (Wildman–Crippen LogP) is 4.24. The van der Waals surface area contributed by atoms with Crippen molar-refractivity contribution in [1.29, 1.82) is 5.41 Å². The van der Waals surface area contributed by atoms with Crippen LogP contribution in [0.25, 0.3) is 11.4 Å². The molecule has 148 valence electrons. The zero-order chi connectivity index (χ0) is 20.8. The van der Waals surface area contributed by atoms with Gasteiger partial charge in [-0.05, 0) is 37.3 Å². The lowest BCUT2D eigenvalue weighted by Gasteiger charge is -2.15. The van der Waals surface area contributed by atoms with Crippen LogP contribution >= 0.6 is 0 Å². The summed E-state index contributed by atoms with van der Waals surface area (Å²) >= 11 is 0. The molecule has 0 saturated heterocycles. The predicted molar refractivity (Wildman–Crippen MR) is 108 cm³/mol. The van der Waals surface area contributed by atoms with Gasteiger partial charge in [-0.25, -0.2) is 4.68 Å². The lowest BCUT2D eigenvalue weighted by atomic mass is 10.2. The van der Waals surface area contributed by atoms with Crippen molar-refractivity contribution in [3.8, 4) is 11.4 Å². The van der Waals surface area contributed by atoms with Crippen molar-refractivity contribution < 1.29 is 13.5 Å². The van der Waals surface area contributed by atoms with Crippen molar-refractivity contribution in [1.82, 2.24) is 9.78 Å². The molecule has 6 nitrogen and oxygen atoms in total. The van der Waals surface area contributed by atoms with E-state index in [4.69, 9.17) is 5.41 Å². The zero-order valence-electron chi connectivity index (χ0n) is 15.5. The highest BCUT2D eigenvalue weighted by Gasteiger charge is 2.16. The SMILES string of the molecule is Cc1cn(-c2ccccc2OC(F)F)nc(/C(=C/C=N)Nc2ccccc2)c1=O. The topological polar surface area (TPSA) is 80.0 Å². The highest BCUT2D eigenvalue weighted by Crippen LogP contribution is 2.24. The van der Waals surface area contributed by atoms with Crippen LogP contribution in [0.4, 0.5) is 14.5 Å². The van der Waals surface area contributed by atoms with Crippen LogP contribution in [0.2, 0.25) is 0 Å². The molecule has 0 atom stereocenters. The van der Waals surface area contributed by atoms with E-state index in [-0.39, 0.29) is 22.6 Å². The molecule has 1 heterocycles. The maximum Gasteiger partial charge on any atom is 0.387 e. The fraction of sp³-hybridized carbons (Fsp3) is 0.0952. The Kier molecular flexibility index (Phi) is 6.13. The summed E-state index contributed by atoms with van der Waals surface area (Å²) in [4.78, 5) is 12.7. The molecule has 0 aliphatic rings. The molecule has 2 aromatic carbocycles. The largest absolute Gasteiger partial charge is 0.433 e. The van der Waals surface area contributed by atoms with E-state index >= 15 is 0 Å². The highest BCUT2D eigenvalue weighted by atomic mass is 19.3. The minimum Gasteiger partial charge on any atom is -0.433 e. The summed E-state index contributed by atoms with van der Waals surface area (Å²) < 4.78 is 31.4. The van der Waals surface area contributed by atoms with Crippen molar-refractivity contribution in [3.05, 3.63) is 88.4 Å². The van der Waals surface area contributed by atoms with Crippen molar-refractivity contribution in [3.63, 3.8) is 0 Å². The van der Waals surface area contributed by atoms with E-state index < -0.39 is 6.61 Å². The molecule has 1 aromatic heterocycles. The van der Waals surface area contributed by atoms with E-state index in [1.807, 2.05) is 18.2 Å². The van der Waals surface area contributed by atoms with Gasteiger partial charge in [0.25, 0.3) is 0 Å². The number of allylic oxidation sites excluding steroid dienone is 1. The Hall–Kier alpha value is -3.81. The third-order valence-corrected chi connectivity index (χ3v) is 3.98. The van der Waals surface area contributed by atoms with E-state index in [9.17, 15) is 13.6 Å². The van der Waals surface area contributed by atoms with Gasteiger partial charge in [0.15, 0.2) is 11.4 Å². The summed E-state index contributed by atoms with van der Waals surface area (Å²) in [6.45, 7) is -1.39.